The van der Waals surface area contributed by atoms with Crippen LogP contribution in [0.5, 0.6) is 0 Å². The molecule has 0 aromatic carbocycles. The van der Waals surface area contributed by atoms with E-state index in [9.17, 15) is 5.11 Å². The molecule has 0 rings (SSSR count). The summed E-state index contributed by atoms with van der Waals surface area (Å²) in [5, 5.41) is 11.8. The first kappa shape index (κ1) is 4.34. The van der Waals surface area contributed by atoms with Crippen LogP contribution < -0.4 is 10.4 Å². The zero-order chi connectivity index (χ0) is 4.12. The maximum absolute atomic E-state index is 9.29. The number of hydrogen-bond acceptors (Lipinski definition) is 2. The molecule has 5 heavy (non-hydrogen) atoms. The van der Waals surface area contributed by atoms with Gasteiger partial charge >= 0.3 is 0 Å². The van der Waals surface area contributed by atoms with Crippen LogP contribution in [0.25, 0.3) is 0 Å². The standard InChI is InChI=1S/C3H7NO/c1-4-2-3-5/h2-5H,1H3/p-1. The molecule has 0 heterocycles. The van der Waals surface area contributed by atoms with E-state index < -0.39 is 0 Å². The number of nitrogens with one attached hydrogen (secondary N) is 1. The van der Waals surface area contributed by atoms with E-state index in [1.807, 2.05) is 0 Å². The van der Waals surface area contributed by atoms with Crippen LogP contribution in [0, 0.1) is 0 Å². The lowest BCUT2D eigenvalue weighted by atomic mass is 11.0. The highest BCUT2D eigenvalue weighted by Crippen LogP contribution is 1.41. The van der Waals surface area contributed by atoms with Gasteiger partial charge in [0.05, 0.1) is 0 Å². The topological polar surface area (TPSA) is 35.1 Å². The molecule has 0 unspecified atom stereocenters. The molecule has 0 atom stereocenters. The van der Waals surface area contributed by atoms with Crippen molar-refractivity contribution < 1.29 is 5.11 Å². The molecule has 1 N–H and O–H groups in total. The summed E-state index contributed by atoms with van der Waals surface area (Å²) >= 11 is 0. The van der Waals surface area contributed by atoms with Gasteiger partial charge in [0, 0.05) is 7.05 Å². The minimum Gasteiger partial charge on any atom is -0.877 e. The number of hydrogen-bond donors (Lipinski definition) is 1. The largest absolute Gasteiger partial charge is 0.877 e. The van der Waals surface area contributed by atoms with Gasteiger partial charge in [-0.3, -0.25) is 0 Å². The normalized spacial score (nSPS) is 9.00. The third-order valence-corrected chi connectivity index (χ3v) is 0.235. The summed E-state index contributed by atoms with van der Waals surface area (Å²) in [5.74, 6) is 0. The second-order valence-electron chi connectivity index (χ2n) is 0.591. The molecule has 0 aliphatic carbocycles. The van der Waals surface area contributed by atoms with Gasteiger partial charge in [-0.2, -0.15) is 0 Å². The Kier molecular flexibility index (Phi) is 2.90. The molecular formula is C3H6NO-. The molecule has 0 fully saturated rings. The molecule has 0 aliphatic heterocycles. The van der Waals surface area contributed by atoms with Crippen LogP contribution in [-0.4, -0.2) is 7.05 Å². The minimum absolute atomic E-state index is 0.694. The SMILES string of the molecule is CNC=C[O-]. The van der Waals surface area contributed by atoms with E-state index in [0.29, 0.717) is 6.26 Å². The summed E-state index contributed by atoms with van der Waals surface area (Å²) in [5.41, 5.74) is 0. The molecule has 0 radical (unpaired) electrons. The fourth-order valence-electron chi connectivity index (χ4n) is 0.0680. The average Bonchev–Trinajstić information content (AvgIpc) is 1.41. The third kappa shape index (κ3) is 3.34. The van der Waals surface area contributed by atoms with Crippen LogP contribution in [0.4, 0.5) is 0 Å². The van der Waals surface area contributed by atoms with E-state index in [0.717, 1.165) is 0 Å². The molecule has 0 aromatic heterocycles. The third-order valence-electron chi connectivity index (χ3n) is 0.235. The predicted octanol–water partition coefficient (Wildman–Crippen LogP) is -0.963. The zero-order valence-electron chi connectivity index (χ0n) is 3.06. The molecule has 0 aromatic rings. The van der Waals surface area contributed by atoms with Crippen molar-refractivity contribution in [2.24, 2.45) is 0 Å². The van der Waals surface area contributed by atoms with Crippen LogP contribution in [0.2, 0.25) is 0 Å². The van der Waals surface area contributed by atoms with Gasteiger partial charge in [-0.05, 0) is 6.20 Å². The van der Waals surface area contributed by atoms with Crippen molar-refractivity contribution in [2.75, 3.05) is 7.05 Å². The Balaban J connectivity index is 2.62. The Morgan fingerprint density at radius 3 is 2.40 bits per heavy atom. The van der Waals surface area contributed by atoms with Crippen molar-refractivity contribution >= 4 is 0 Å². The van der Waals surface area contributed by atoms with Gasteiger partial charge in [0.2, 0.25) is 0 Å². The maximum atomic E-state index is 9.29. The van der Waals surface area contributed by atoms with Gasteiger partial charge in [-0.1, -0.05) is 0 Å². The molecule has 0 bridgehead atoms. The van der Waals surface area contributed by atoms with Crippen molar-refractivity contribution in [3.05, 3.63) is 12.5 Å². The fraction of sp³-hybridized carbons (Fsp3) is 0.333. The smallest absolute Gasteiger partial charge is 0.00273 e. The Hall–Kier alpha value is -0.660. The summed E-state index contributed by atoms with van der Waals surface area (Å²) in [6.45, 7) is 0. The first-order valence-electron chi connectivity index (χ1n) is 1.36. The molecular weight excluding hydrogens is 66.0 g/mol. The first-order chi connectivity index (χ1) is 2.41. The van der Waals surface area contributed by atoms with Crippen molar-refractivity contribution in [3.8, 4) is 0 Å². The quantitative estimate of drug-likeness (QED) is 0.405. The lowest BCUT2D eigenvalue weighted by Gasteiger charge is -1.85. The Bertz CT molecular complexity index is 33.9. The first-order valence-corrected chi connectivity index (χ1v) is 1.36. The number of rotatable bonds is 1. The van der Waals surface area contributed by atoms with E-state index in [4.69, 9.17) is 0 Å². The van der Waals surface area contributed by atoms with Gasteiger partial charge in [-0.15, -0.1) is 6.26 Å². The highest BCUT2D eigenvalue weighted by Gasteiger charge is 1.39. The molecule has 30 valence electrons. The van der Waals surface area contributed by atoms with Crippen molar-refractivity contribution in [3.63, 3.8) is 0 Å². The zero-order valence-corrected chi connectivity index (χ0v) is 3.06. The lowest BCUT2D eigenvalue weighted by Crippen LogP contribution is -1.95. The maximum Gasteiger partial charge on any atom is 0.00273 e. The molecule has 0 amide bonds. The van der Waals surface area contributed by atoms with Gasteiger partial charge in [-0.25, -0.2) is 0 Å². The summed E-state index contributed by atoms with van der Waals surface area (Å²) < 4.78 is 0. The van der Waals surface area contributed by atoms with Crippen molar-refractivity contribution in [1.82, 2.24) is 5.32 Å². The lowest BCUT2D eigenvalue weighted by molar-refractivity contribution is -0.275. The van der Waals surface area contributed by atoms with Crippen LogP contribution in [0.1, 0.15) is 0 Å². The molecule has 2 nitrogen and oxygen atoms in total. The Labute approximate surface area is 31.1 Å². The van der Waals surface area contributed by atoms with Gasteiger partial charge in [0.25, 0.3) is 0 Å². The molecule has 0 saturated carbocycles. The highest BCUT2D eigenvalue weighted by atomic mass is 16.2. The summed E-state index contributed by atoms with van der Waals surface area (Å²) in [4.78, 5) is 0. The monoisotopic (exact) mass is 72.0 g/mol. The van der Waals surface area contributed by atoms with Gasteiger partial charge < -0.3 is 10.4 Å². The van der Waals surface area contributed by atoms with E-state index in [2.05, 4.69) is 5.32 Å². The van der Waals surface area contributed by atoms with E-state index in [-0.39, 0.29) is 0 Å². The van der Waals surface area contributed by atoms with E-state index >= 15 is 0 Å². The fourth-order valence-corrected chi connectivity index (χ4v) is 0.0680. The Morgan fingerprint density at radius 1 is 1.80 bits per heavy atom. The van der Waals surface area contributed by atoms with Crippen LogP contribution in [-0.2, 0) is 0 Å². The predicted molar refractivity (Wildman–Crippen MR) is 18.2 cm³/mol. The molecule has 0 spiro atoms. The molecule has 0 saturated heterocycles. The molecule has 2 heteroatoms. The highest BCUT2D eigenvalue weighted by molar-refractivity contribution is 4.61. The van der Waals surface area contributed by atoms with Gasteiger partial charge in [0.15, 0.2) is 0 Å². The second kappa shape index (κ2) is 3.34. The van der Waals surface area contributed by atoms with Crippen molar-refractivity contribution in [2.45, 2.75) is 0 Å². The second-order valence-corrected chi connectivity index (χ2v) is 0.591. The van der Waals surface area contributed by atoms with Crippen LogP contribution in [0.3, 0.4) is 0 Å². The van der Waals surface area contributed by atoms with Gasteiger partial charge in [0.1, 0.15) is 0 Å². The Morgan fingerprint density at radius 2 is 2.40 bits per heavy atom. The summed E-state index contributed by atoms with van der Waals surface area (Å²) in [7, 11) is 1.68. The molecule has 0 aliphatic rings. The summed E-state index contributed by atoms with van der Waals surface area (Å²) in [6, 6.07) is 0. The van der Waals surface area contributed by atoms with Crippen molar-refractivity contribution in [1.29, 1.82) is 0 Å². The van der Waals surface area contributed by atoms with E-state index in [1.165, 1.54) is 6.20 Å². The summed E-state index contributed by atoms with van der Waals surface area (Å²) in [6.07, 6.45) is 2.01. The van der Waals surface area contributed by atoms with Crippen LogP contribution in [0.15, 0.2) is 12.5 Å². The van der Waals surface area contributed by atoms with E-state index in [1.54, 1.807) is 7.05 Å². The minimum atomic E-state index is 0.694. The average molecular weight is 72.1 g/mol. The van der Waals surface area contributed by atoms with Crippen LogP contribution >= 0.6 is 0 Å².